The zero-order chi connectivity index (χ0) is 13.5. The van der Waals surface area contributed by atoms with Gasteiger partial charge in [-0.1, -0.05) is 27.2 Å². The lowest BCUT2D eigenvalue weighted by Crippen LogP contribution is -2.34. The lowest BCUT2D eigenvalue weighted by Gasteiger charge is -2.29. The molecule has 0 saturated carbocycles. The van der Waals surface area contributed by atoms with E-state index >= 15 is 0 Å². The molecule has 17 heavy (non-hydrogen) atoms. The van der Waals surface area contributed by atoms with Crippen molar-refractivity contribution in [2.75, 3.05) is 6.61 Å². The maximum atomic E-state index is 8.59. The molecule has 4 N–H and O–H groups in total. The average Bonchev–Trinajstić information content (AvgIpc) is 2.12. The molecule has 0 aliphatic rings. The second-order valence-electron chi connectivity index (χ2n) is 4.65. The van der Waals surface area contributed by atoms with Crippen molar-refractivity contribution in [2.45, 2.75) is 46.1 Å². The molecule has 0 bridgehead atoms. The van der Waals surface area contributed by atoms with Crippen molar-refractivity contribution in [3.63, 3.8) is 0 Å². The van der Waals surface area contributed by atoms with Crippen molar-refractivity contribution in [3.8, 4) is 0 Å². The summed E-state index contributed by atoms with van der Waals surface area (Å²) >= 11 is 0. The van der Waals surface area contributed by atoms with E-state index in [0.717, 1.165) is 12.8 Å². The predicted octanol–water partition coefficient (Wildman–Crippen LogP) is 1.60. The van der Waals surface area contributed by atoms with E-state index in [4.69, 9.17) is 20.8 Å². The summed E-state index contributed by atoms with van der Waals surface area (Å²) in [6, 6.07) is 0. The van der Waals surface area contributed by atoms with E-state index in [0.29, 0.717) is 6.42 Å². The molecule has 0 aromatic rings. The van der Waals surface area contributed by atoms with Crippen molar-refractivity contribution in [3.05, 3.63) is 0 Å². The molecule has 0 aromatic carbocycles. The van der Waals surface area contributed by atoms with Gasteiger partial charge in [-0.3, -0.25) is 20.8 Å². The van der Waals surface area contributed by atoms with E-state index in [9.17, 15) is 0 Å². The van der Waals surface area contributed by atoms with E-state index in [1.807, 2.05) is 20.8 Å². The third kappa shape index (κ3) is 9.39. The lowest BCUT2D eigenvalue weighted by atomic mass is 9.82. The summed E-state index contributed by atoms with van der Waals surface area (Å²) in [6.45, 7) is 5.82. The van der Waals surface area contributed by atoms with Gasteiger partial charge in [-0.05, 0) is 18.3 Å². The molecule has 0 aliphatic heterocycles. The monoisotopic (exact) mass is 254 g/mol. The van der Waals surface area contributed by atoms with Crippen LogP contribution in [0.25, 0.3) is 0 Å². The minimum Gasteiger partial charge on any atom is -0.266 e. The van der Waals surface area contributed by atoms with Gasteiger partial charge in [0.25, 0.3) is 0 Å². The van der Waals surface area contributed by atoms with Gasteiger partial charge in [0.2, 0.25) is 0 Å². The van der Waals surface area contributed by atoms with Crippen molar-refractivity contribution in [2.24, 2.45) is 5.41 Å². The molecule has 1 atom stereocenters. The van der Waals surface area contributed by atoms with Crippen LogP contribution < -0.4 is 0 Å². The van der Waals surface area contributed by atoms with Crippen LogP contribution in [0.1, 0.15) is 40.0 Å². The Balaban J connectivity index is 4.26. The molecule has 0 saturated heterocycles. The van der Waals surface area contributed by atoms with Gasteiger partial charge in [0.1, 0.15) is 12.7 Å². The molecule has 0 aliphatic carbocycles. The zero-order valence-electron chi connectivity index (χ0n) is 10.4. The fourth-order valence-electron chi connectivity index (χ4n) is 1.80. The van der Waals surface area contributed by atoms with Crippen LogP contribution in [0.4, 0.5) is 0 Å². The van der Waals surface area contributed by atoms with E-state index in [1.165, 1.54) is 0 Å². The zero-order valence-corrected chi connectivity index (χ0v) is 10.4. The topological polar surface area (TPSA) is 106 Å². The molecule has 0 rings (SSSR count). The standard InChI is InChI=1S/C9H22N2O6/c1-4-5-9(2,3)6-8(17-11(14)15)7-16-10(12)13/h8,12-15H,4-7H2,1-3H3. The second kappa shape index (κ2) is 7.90. The average molecular weight is 254 g/mol. The molecule has 0 aromatic heterocycles. The summed E-state index contributed by atoms with van der Waals surface area (Å²) in [6.07, 6.45) is 1.65. The molecular formula is C9H22N2O6. The van der Waals surface area contributed by atoms with Gasteiger partial charge in [-0.15, -0.1) is 0 Å². The van der Waals surface area contributed by atoms with Gasteiger partial charge < -0.3 is 0 Å². The molecule has 8 nitrogen and oxygen atoms in total. The highest BCUT2D eigenvalue weighted by atomic mass is 17.1. The Morgan fingerprint density at radius 1 is 1.12 bits per heavy atom. The Kier molecular flexibility index (Phi) is 7.75. The first-order valence-electron chi connectivity index (χ1n) is 5.42. The van der Waals surface area contributed by atoms with Crippen molar-refractivity contribution in [1.82, 2.24) is 10.8 Å². The highest BCUT2D eigenvalue weighted by molar-refractivity contribution is 4.73. The molecule has 0 fully saturated rings. The van der Waals surface area contributed by atoms with Crippen LogP contribution in [0.3, 0.4) is 0 Å². The Bertz CT molecular complexity index is 200. The highest BCUT2D eigenvalue weighted by Crippen LogP contribution is 2.29. The van der Waals surface area contributed by atoms with Crippen molar-refractivity contribution >= 4 is 0 Å². The minimum atomic E-state index is -0.714. The lowest BCUT2D eigenvalue weighted by molar-refractivity contribution is -0.528. The van der Waals surface area contributed by atoms with Gasteiger partial charge in [0.15, 0.2) is 0 Å². The number of hydrogen-bond donors (Lipinski definition) is 4. The first-order chi connectivity index (χ1) is 7.76. The summed E-state index contributed by atoms with van der Waals surface area (Å²) in [5.74, 6) is 0. The van der Waals surface area contributed by atoms with E-state index in [1.54, 1.807) is 0 Å². The Morgan fingerprint density at radius 2 is 1.71 bits per heavy atom. The third-order valence-corrected chi connectivity index (χ3v) is 2.33. The largest absolute Gasteiger partial charge is 0.266 e. The quantitative estimate of drug-likeness (QED) is 0.460. The van der Waals surface area contributed by atoms with E-state index in [-0.39, 0.29) is 12.0 Å². The molecule has 0 heterocycles. The number of hydrogen-bond acceptors (Lipinski definition) is 8. The third-order valence-electron chi connectivity index (χ3n) is 2.33. The van der Waals surface area contributed by atoms with Gasteiger partial charge in [0, 0.05) is 0 Å². The Labute approximate surface area is 100 Å². The van der Waals surface area contributed by atoms with Crippen LogP contribution in [0.2, 0.25) is 0 Å². The second-order valence-corrected chi connectivity index (χ2v) is 4.65. The van der Waals surface area contributed by atoms with Gasteiger partial charge in [0.05, 0.1) is 10.8 Å². The fourth-order valence-corrected chi connectivity index (χ4v) is 1.80. The molecule has 0 radical (unpaired) electrons. The highest BCUT2D eigenvalue weighted by Gasteiger charge is 2.25. The smallest absolute Gasteiger partial charge is 0.110 e. The molecular weight excluding hydrogens is 232 g/mol. The van der Waals surface area contributed by atoms with Crippen molar-refractivity contribution < 1.29 is 30.5 Å². The summed E-state index contributed by atoms with van der Waals surface area (Å²) in [4.78, 5) is 9.05. The minimum absolute atomic E-state index is 0.0888. The Hall–Kier alpha value is -0.320. The molecule has 0 amide bonds. The Morgan fingerprint density at radius 3 is 2.12 bits per heavy atom. The molecule has 8 heteroatoms. The normalized spacial score (nSPS) is 14.6. The van der Waals surface area contributed by atoms with Crippen LogP contribution in [0.5, 0.6) is 0 Å². The maximum Gasteiger partial charge on any atom is 0.110 e. The van der Waals surface area contributed by atoms with Gasteiger partial charge in [-0.2, -0.15) is 0 Å². The fraction of sp³-hybridized carbons (Fsp3) is 1.00. The SMILES string of the molecule is CCCC(C)(C)CC(CON(O)O)ON(O)O. The van der Waals surface area contributed by atoms with Crippen LogP contribution in [-0.4, -0.2) is 44.3 Å². The van der Waals surface area contributed by atoms with Gasteiger partial charge in [-0.25, -0.2) is 9.68 Å². The van der Waals surface area contributed by atoms with Crippen molar-refractivity contribution in [1.29, 1.82) is 0 Å². The van der Waals surface area contributed by atoms with Crippen LogP contribution >= 0.6 is 0 Å². The van der Waals surface area contributed by atoms with Crippen LogP contribution in [-0.2, 0) is 9.68 Å². The first kappa shape index (κ1) is 16.7. The van der Waals surface area contributed by atoms with E-state index < -0.39 is 16.9 Å². The number of rotatable bonds is 9. The molecule has 104 valence electrons. The summed E-state index contributed by atoms with van der Waals surface area (Å²) in [5, 5.41) is 33.1. The summed E-state index contributed by atoms with van der Waals surface area (Å²) < 4.78 is 0. The molecule has 0 spiro atoms. The maximum absolute atomic E-state index is 8.59. The first-order valence-corrected chi connectivity index (χ1v) is 5.42. The van der Waals surface area contributed by atoms with E-state index in [2.05, 4.69) is 9.68 Å². The predicted molar refractivity (Wildman–Crippen MR) is 55.0 cm³/mol. The number of nitrogens with zero attached hydrogens (tertiary/aromatic N) is 2. The van der Waals surface area contributed by atoms with Crippen LogP contribution in [0.15, 0.2) is 0 Å². The van der Waals surface area contributed by atoms with Gasteiger partial charge >= 0.3 is 0 Å². The van der Waals surface area contributed by atoms with Crippen LogP contribution in [0, 0.1) is 5.41 Å². The summed E-state index contributed by atoms with van der Waals surface area (Å²) in [5.41, 5.74) is -0.0888. The molecule has 1 unspecified atom stereocenters. The summed E-state index contributed by atoms with van der Waals surface area (Å²) in [7, 11) is 0.